The van der Waals surface area contributed by atoms with E-state index in [9.17, 15) is 8.78 Å². The summed E-state index contributed by atoms with van der Waals surface area (Å²) >= 11 is 8.64. The van der Waals surface area contributed by atoms with E-state index < -0.39 is 5.82 Å². The normalized spacial score (nSPS) is 10.5. The molecule has 0 saturated carbocycles. The molecule has 0 aliphatic carbocycles. The van der Waals surface area contributed by atoms with Crippen molar-refractivity contribution in [3.8, 4) is 0 Å². The van der Waals surface area contributed by atoms with E-state index in [4.69, 9.17) is 11.6 Å². The van der Waals surface area contributed by atoms with Crippen LogP contribution in [0.25, 0.3) is 0 Å². The van der Waals surface area contributed by atoms with Crippen LogP contribution in [0.5, 0.6) is 0 Å². The predicted molar refractivity (Wildman–Crippen MR) is 69.1 cm³/mol. The smallest absolute Gasteiger partial charge is 0.224 e. The highest BCUT2D eigenvalue weighted by Crippen LogP contribution is 2.27. The van der Waals surface area contributed by atoms with E-state index in [0.717, 1.165) is 6.20 Å². The number of nitrogens with one attached hydrogen (secondary N) is 1. The maximum atomic E-state index is 13.4. The van der Waals surface area contributed by atoms with Crippen molar-refractivity contribution in [1.82, 2.24) is 9.97 Å². The third-order valence-corrected chi connectivity index (χ3v) is 3.02. The second-order valence-corrected chi connectivity index (χ2v) is 4.73. The second kappa shape index (κ2) is 5.16. The van der Waals surface area contributed by atoms with Crippen LogP contribution < -0.4 is 5.32 Å². The molecule has 94 valence electrons. The minimum Gasteiger partial charge on any atom is -0.337 e. The second-order valence-electron chi connectivity index (χ2n) is 3.54. The van der Waals surface area contributed by atoms with Crippen LogP contribution in [0.4, 0.5) is 20.3 Å². The first-order valence-electron chi connectivity index (χ1n) is 4.88. The first-order chi connectivity index (χ1) is 8.47. The Morgan fingerprint density at radius 3 is 2.72 bits per heavy atom. The summed E-state index contributed by atoms with van der Waals surface area (Å²) in [5, 5.41) is 2.67. The SMILES string of the molecule is Cc1cc(F)c(Br)cc1Nc1nc(Cl)ncc1F. The maximum Gasteiger partial charge on any atom is 0.224 e. The molecule has 0 aliphatic heterocycles. The number of hydrogen-bond acceptors (Lipinski definition) is 3. The first-order valence-corrected chi connectivity index (χ1v) is 6.05. The Labute approximate surface area is 115 Å². The molecule has 1 N–H and O–H groups in total. The predicted octanol–water partition coefficient (Wildman–Crippen LogP) is 4.22. The Bertz CT molecular complexity index is 607. The molecule has 7 heteroatoms. The highest BCUT2D eigenvalue weighted by Gasteiger charge is 2.10. The zero-order chi connectivity index (χ0) is 13.3. The minimum atomic E-state index is -0.640. The summed E-state index contributed by atoms with van der Waals surface area (Å²) in [7, 11) is 0. The fourth-order valence-corrected chi connectivity index (χ4v) is 1.82. The van der Waals surface area contributed by atoms with E-state index in [1.54, 1.807) is 6.92 Å². The van der Waals surface area contributed by atoms with Gasteiger partial charge >= 0.3 is 0 Å². The number of halogens is 4. The molecular formula is C11H7BrClF2N3. The molecule has 0 aliphatic rings. The van der Waals surface area contributed by atoms with E-state index in [2.05, 4.69) is 31.2 Å². The van der Waals surface area contributed by atoms with Crippen molar-refractivity contribution in [1.29, 1.82) is 0 Å². The van der Waals surface area contributed by atoms with E-state index in [1.165, 1.54) is 12.1 Å². The number of nitrogens with zero attached hydrogens (tertiary/aromatic N) is 2. The number of rotatable bonds is 2. The van der Waals surface area contributed by atoms with Crippen molar-refractivity contribution in [2.24, 2.45) is 0 Å². The average molecular weight is 335 g/mol. The molecule has 2 rings (SSSR count). The van der Waals surface area contributed by atoms with Crippen LogP contribution >= 0.6 is 27.5 Å². The summed E-state index contributed by atoms with van der Waals surface area (Å²) in [4.78, 5) is 7.23. The Morgan fingerprint density at radius 2 is 2.00 bits per heavy atom. The summed E-state index contributed by atoms with van der Waals surface area (Å²) in [6.45, 7) is 1.69. The van der Waals surface area contributed by atoms with Crippen LogP contribution in [0.15, 0.2) is 22.8 Å². The molecule has 1 aromatic carbocycles. The topological polar surface area (TPSA) is 37.8 Å². The fraction of sp³-hybridized carbons (Fsp3) is 0.0909. The molecule has 0 spiro atoms. The van der Waals surface area contributed by atoms with Gasteiger partial charge in [0.15, 0.2) is 11.6 Å². The van der Waals surface area contributed by atoms with Crippen molar-refractivity contribution in [3.63, 3.8) is 0 Å². The summed E-state index contributed by atoms with van der Waals surface area (Å²) < 4.78 is 27.0. The highest BCUT2D eigenvalue weighted by atomic mass is 79.9. The summed E-state index contributed by atoms with van der Waals surface area (Å²) in [5.74, 6) is -1.09. The van der Waals surface area contributed by atoms with Crippen LogP contribution in [-0.4, -0.2) is 9.97 Å². The Hall–Kier alpha value is -1.27. The number of benzene rings is 1. The molecular weight excluding hydrogens is 327 g/mol. The maximum absolute atomic E-state index is 13.4. The molecule has 0 amide bonds. The van der Waals surface area contributed by atoms with Gasteiger partial charge in [0.1, 0.15) is 5.82 Å². The van der Waals surface area contributed by atoms with Crippen molar-refractivity contribution in [3.05, 3.63) is 45.3 Å². The molecule has 0 fully saturated rings. The van der Waals surface area contributed by atoms with Gasteiger partial charge in [-0.15, -0.1) is 0 Å². The Morgan fingerprint density at radius 1 is 1.28 bits per heavy atom. The standard InChI is InChI=1S/C11H7BrClF2N3/c1-5-2-7(14)6(12)3-9(5)17-10-8(15)4-16-11(13)18-10/h2-4H,1H3,(H,16,17,18). The van der Waals surface area contributed by atoms with Gasteiger partial charge in [0.2, 0.25) is 5.28 Å². The zero-order valence-electron chi connectivity index (χ0n) is 9.14. The lowest BCUT2D eigenvalue weighted by Gasteiger charge is -2.10. The summed E-state index contributed by atoms with van der Waals surface area (Å²) in [6, 6.07) is 2.83. The minimum absolute atomic E-state index is 0.0587. The highest BCUT2D eigenvalue weighted by molar-refractivity contribution is 9.10. The van der Waals surface area contributed by atoms with Gasteiger partial charge in [0.25, 0.3) is 0 Å². The summed E-state index contributed by atoms with van der Waals surface area (Å²) in [6.07, 6.45) is 0.964. The summed E-state index contributed by atoms with van der Waals surface area (Å²) in [5.41, 5.74) is 1.14. The van der Waals surface area contributed by atoms with Gasteiger partial charge in [0.05, 0.1) is 10.7 Å². The number of aryl methyl sites for hydroxylation is 1. The van der Waals surface area contributed by atoms with Gasteiger partial charge in [-0.25, -0.2) is 13.8 Å². The van der Waals surface area contributed by atoms with Crippen molar-refractivity contribution in [2.45, 2.75) is 6.92 Å². The number of hydrogen-bond donors (Lipinski definition) is 1. The third kappa shape index (κ3) is 2.76. The first kappa shape index (κ1) is 13.2. The monoisotopic (exact) mass is 333 g/mol. The molecule has 3 nitrogen and oxygen atoms in total. The van der Waals surface area contributed by atoms with Crippen LogP contribution in [0.3, 0.4) is 0 Å². The van der Waals surface area contributed by atoms with Crippen LogP contribution in [0.2, 0.25) is 5.28 Å². The van der Waals surface area contributed by atoms with Crippen LogP contribution in [-0.2, 0) is 0 Å². The number of aromatic nitrogens is 2. The lowest BCUT2D eigenvalue weighted by atomic mass is 10.2. The van der Waals surface area contributed by atoms with E-state index in [-0.39, 0.29) is 21.4 Å². The van der Waals surface area contributed by atoms with Crippen molar-refractivity contribution < 1.29 is 8.78 Å². The van der Waals surface area contributed by atoms with Crippen molar-refractivity contribution in [2.75, 3.05) is 5.32 Å². The Kier molecular flexibility index (Phi) is 3.77. The molecule has 1 aromatic heterocycles. The molecule has 0 saturated heterocycles. The van der Waals surface area contributed by atoms with Gasteiger partial charge in [-0.05, 0) is 52.2 Å². The van der Waals surface area contributed by atoms with Gasteiger partial charge < -0.3 is 5.32 Å². The van der Waals surface area contributed by atoms with Gasteiger partial charge in [0, 0.05) is 5.69 Å². The molecule has 18 heavy (non-hydrogen) atoms. The molecule has 0 radical (unpaired) electrons. The van der Waals surface area contributed by atoms with E-state index >= 15 is 0 Å². The van der Waals surface area contributed by atoms with Gasteiger partial charge in [-0.3, -0.25) is 0 Å². The number of anilines is 2. The molecule has 2 aromatic rings. The van der Waals surface area contributed by atoms with Gasteiger partial charge in [-0.2, -0.15) is 4.98 Å². The van der Waals surface area contributed by atoms with Crippen molar-refractivity contribution >= 4 is 39.0 Å². The van der Waals surface area contributed by atoms with Gasteiger partial charge in [-0.1, -0.05) is 0 Å². The molecule has 1 heterocycles. The molecule has 0 bridgehead atoms. The molecule has 0 atom stereocenters. The zero-order valence-corrected chi connectivity index (χ0v) is 11.5. The lowest BCUT2D eigenvalue weighted by molar-refractivity contribution is 0.617. The lowest BCUT2D eigenvalue weighted by Crippen LogP contribution is -2.01. The quantitative estimate of drug-likeness (QED) is 0.836. The van der Waals surface area contributed by atoms with Crippen LogP contribution in [0, 0.1) is 18.6 Å². The largest absolute Gasteiger partial charge is 0.337 e. The molecule has 0 unspecified atom stereocenters. The average Bonchev–Trinajstić information content (AvgIpc) is 2.30. The third-order valence-electron chi connectivity index (χ3n) is 2.24. The van der Waals surface area contributed by atoms with E-state index in [0.29, 0.717) is 11.3 Å². The Balaban J connectivity index is 2.40. The van der Waals surface area contributed by atoms with E-state index in [1.807, 2.05) is 0 Å². The van der Waals surface area contributed by atoms with Crippen LogP contribution in [0.1, 0.15) is 5.56 Å². The fourth-order valence-electron chi connectivity index (χ4n) is 1.34.